The van der Waals surface area contributed by atoms with Crippen molar-refractivity contribution in [2.24, 2.45) is 0 Å². The van der Waals surface area contributed by atoms with Gasteiger partial charge >= 0.3 is 48.6 Å². The number of pyridine rings is 4. The molecule has 0 spiro atoms. The summed E-state index contributed by atoms with van der Waals surface area (Å²) in [6, 6.07) is 45.3. The van der Waals surface area contributed by atoms with Crippen LogP contribution < -0.4 is 22.5 Å². The molecule has 7 aromatic heterocycles. The van der Waals surface area contributed by atoms with Crippen molar-refractivity contribution in [1.82, 2.24) is 49.8 Å². The molecule has 12 N–H and O–H groups in total. The molecular formula is C86H74Cl2F13IN14O9. The summed E-state index contributed by atoms with van der Waals surface area (Å²) in [7, 11) is 2.64. The Balaban J connectivity index is 0.000000152. The van der Waals surface area contributed by atoms with E-state index >= 15 is 0 Å². The number of carbonyl (C=O) groups excluding carboxylic acids is 3. The molecule has 23 nitrogen and oxygen atoms in total. The summed E-state index contributed by atoms with van der Waals surface area (Å²) in [6.45, 7) is 0. The van der Waals surface area contributed by atoms with Crippen LogP contribution in [0.5, 0.6) is 0 Å². The van der Waals surface area contributed by atoms with Crippen LogP contribution >= 0.6 is 46.4 Å². The van der Waals surface area contributed by atoms with Crippen LogP contribution in [0.15, 0.2) is 195 Å². The van der Waals surface area contributed by atoms with Crippen molar-refractivity contribution in [3.05, 3.63) is 289 Å². The molecule has 4 aliphatic carbocycles. The van der Waals surface area contributed by atoms with Gasteiger partial charge in [-0.2, -0.15) is 55.5 Å². The summed E-state index contributed by atoms with van der Waals surface area (Å²) in [5.74, 6) is -1.23. The number of aromatic nitrogens is 10. The summed E-state index contributed by atoms with van der Waals surface area (Å²) < 4.78 is 171. The molecule has 125 heavy (non-hydrogen) atoms. The number of carbonyl (C=O) groups is 5. The molecule has 13 aromatic rings. The number of fused-ring (bicyclic) bond motifs is 3. The van der Waals surface area contributed by atoms with E-state index in [-0.39, 0.29) is 56.5 Å². The zero-order valence-electron chi connectivity index (χ0n) is 65.6. The van der Waals surface area contributed by atoms with Crippen LogP contribution in [0.4, 0.5) is 78.4 Å². The molecule has 6 aromatic carbocycles. The normalized spacial score (nSPS) is 15.0. The fourth-order valence-corrected chi connectivity index (χ4v) is 14.9. The van der Waals surface area contributed by atoms with Gasteiger partial charge in [-0.15, -0.1) is 0 Å². The number of benzene rings is 6. The van der Waals surface area contributed by atoms with E-state index in [0.717, 1.165) is 129 Å². The van der Waals surface area contributed by atoms with Gasteiger partial charge in [0.15, 0.2) is 40.1 Å². The monoisotopic (exact) mass is 1890 g/mol. The molecule has 0 radical (unpaired) electrons. The van der Waals surface area contributed by atoms with E-state index in [2.05, 4.69) is 59.9 Å². The Morgan fingerprint density at radius 3 is 1.04 bits per heavy atom. The third-order valence-corrected chi connectivity index (χ3v) is 22.4. The summed E-state index contributed by atoms with van der Waals surface area (Å²) in [5, 5.41) is 22.3. The number of H-pyrrole nitrogens is 3. The number of rotatable bonds is 13. The van der Waals surface area contributed by atoms with Crippen LogP contribution in [0.3, 0.4) is 0 Å². The standard InChI is InChI=1S/C24H18ClF3N4O.C19H16F3N3O2.C18H14F3N3O2.C13H14O4.C6H6ClN.C6H6F3N3.FI/c25-17-3-1-4-18(12-17)30-21(33)14-5-7-15(8-6-14)23(9-2-10-23)22-31-19-11-16(24(26,27)28)13-29-20(19)32-22;1-27-16(26)11-3-5-12(6-4-11)18(7-2-8-18)17-24-14-9-13(19(20,21)22)10-23-15(14)25-17;19-18(20,21)12-8-13-14(22-9-12)24-16(23-13)17(6-1-7-17)11-4-2-10(3-5-11)15(25)26;1-17-11(14)9-3-5-10(6-4-9)13(12(15)16)7-2-8-13;7-5-2-1-3-6(8)4-5;7-6(8,9)3-1-4(10)5(11)12-2-3;1-2/h1,3-8,11-13H,2,9-10H2,(H,30,33)(H,29,31,32);3-6,9-10H,2,7-8H2,1H3,(H,23,24,25);2-5,8-9H,1,6-7H2,(H,25,26)(H,22,23,24);3-6H,2,7-8H2,1H3,(H,15,16);1-4H,8H2;1-2H,10H2,(H2,11,12);. The van der Waals surface area contributed by atoms with E-state index < -0.39 is 92.5 Å². The number of carboxylic acid groups (broad SMARTS) is 2. The Bertz CT molecular complexity index is 6020. The van der Waals surface area contributed by atoms with Gasteiger partial charge in [-0.3, -0.25) is 9.59 Å². The van der Waals surface area contributed by atoms with Gasteiger partial charge in [0.1, 0.15) is 23.3 Å². The highest BCUT2D eigenvalue weighted by Gasteiger charge is 2.48. The van der Waals surface area contributed by atoms with E-state index in [0.29, 0.717) is 97.8 Å². The molecule has 0 unspecified atom stereocenters. The van der Waals surface area contributed by atoms with E-state index in [1.807, 2.05) is 30.3 Å². The second-order valence-electron chi connectivity index (χ2n) is 29.4. The molecule has 0 atom stereocenters. The number of alkyl halides is 12. The van der Waals surface area contributed by atoms with Crippen molar-refractivity contribution in [3.63, 3.8) is 0 Å². The molecule has 4 saturated carbocycles. The lowest BCUT2D eigenvalue weighted by Crippen LogP contribution is -2.42. The van der Waals surface area contributed by atoms with Gasteiger partial charge in [0, 0.05) is 51.8 Å². The maximum absolute atomic E-state index is 13.0. The first kappa shape index (κ1) is 93.2. The molecule has 39 heteroatoms. The smallest absolute Gasteiger partial charge is 0.417 e. The lowest BCUT2D eigenvalue weighted by molar-refractivity contribution is -0.147. The number of esters is 2. The Hall–Kier alpha value is -12.5. The summed E-state index contributed by atoms with van der Waals surface area (Å²) in [5.41, 5.74) is 18.0. The number of carboxylic acids is 2. The lowest BCUT2D eigenvalue weighted by atomic mass is 9.64. The highest BCUT2D eigenvalue weighted by atomic mass is 127. The summed E-state index contributed by atoms with van der Waals surface area (Å²) in [6.07, 6.45) is -4.82. The number of nitrogens with zero attached hydrogens (tertiary/aromatic N) is 7. The van der Waals surface area contributed by atoms with Gasteiger partial charge in [0.05, 0.1) is 97.1 Å². The van der Waals surface area contributed by atoms with Crippen LogP contribution in [-0.2, 0) is 60.6 Å². The third-order valence-electron chi connectivity index (χ3n) is 21.9. The lowest BCUT2D eigenvalue weighted by Gasteiger charge is -2.40. The van der Waals surface area contributed by atoms with E-state index in [4.69, 9.17) is 50.2 Å². The van der Waals surface area contributed by atoms with Crippen molar-refractivity contribution in [3.8, 4) is 0 Å². The molecule has 7 heterocycles. The van der Waals surface area contributed by atoms with Crippen molar-refractivity contribution in [1.29, 1.82) is 0 Å². The zero-order chi connectivity index (χ0) is 90.8. The Labute approximate surface area is 726 Å². The maximum Gasteiger partial charge on any atom is 0.417 e. The number of aliphatic carboxylic acids is 1. The van der Waals surface area contributed by atoms with Gasteiger partial charge in [-0.1, -0.05) is 110 Å². The number of nitrogen functional groups attached to an aromatic ring is 3. The SMILES string of the molecule is COC(=O)c1ccc(C2(C(=O)O)CCC2)cc1.COC(=O)c1ccc(C2(c3nc4ncc(C(F)(F)F)cc4[nH]3)CCC2)cc1.FI.Nc1cc(C(F)(F)F)cnc1N.Nc1cccc(Cl)c1.O=C(Nc1cccc(Cl)c1)c1ccc(C2(c3nc4ncc(C(F)(F)F)cc4[nH]3)CCC2)cc1.O=C(O)c1ccc(C2(c3nc4ncc(C(F)(F)F)cc4[nH]3)CCC2)cc1. The first-order chi connectivity index (χ1) is 59.2. The Morgan fingerprint density at radius 1 is 0.424 bits per heavy atom. The average molecular weight is 1890 g/mol. The van der Waals surface area contributed by atoms with Crippen LogP contribution in [0.2, 0.25) is 10.0 Å². The molecule has 0 saturated heterocycles. The first-order valence-electron chi connectivity index (χ1n) is 37.8. The number of nitrogens with two attached hydrogens (primary N) is 3. The molecule has 654 valence electrons. The number of methoxy groups -OCH3 is 2. The number of imidazole rings is 3. The number of halogens is 16. The third kappa shape index (κ3) is 21.1. The van der Waals surface area contributed by atoms with Gasteiger partial charge in [0.2, 0.25) is 0 Å². The predicted molar refractivity (Wildman–Crippen MR) is 448 cm³/mol. The maximum atomic E-state index is 13.0. The number of ether oxygens (including phenoxy) is 2. The summed E-state index contributed by atoms with van der Waals surface area (Å²) >= 11 is 12.2. The van der Waals surface area contributed by atoms with Crippen LogP contribution in [0.25, 0.3) is 33.5 Å². The number of aromatic carboxylic acids is 1. The number of nitrogens with one attached hydrogen (secondary N) is 4. The van der Waals surface area contributed by atoms with Gasteiger partial charge in [-0.25, -0.2) is 49.3 Å². The van der Waals surface area contributed by atoms with Crippen molar-refractivity contribution in [2.45, 2.75) is 123 Å². The Morgan fingerprint density at radius 2 is 0.752 bits per heavy atom. The van der Waals surface area contributed by atoms with Crippen LogP contribution in [0.1, 0.15) is 180 Å². The molecule has 17 rings (SSSR count). The van der Waals surface area contributed by atoms with E-state index in [1.54, 1.807) is 103 Å². The first-order valence-corrected chi connectivity index (χ1v) is 39.4. The fraction of sp³-hybridized carbons (Fsp3) is 0.256. The highest BCUT2D eigenvalue weighted by Crippen LogP contribution is 2.52. The van der Waals surface area contributed by atoms with Crippen LogP contribution in [0, 0.1) is 0 Å². The number of aromatic amines is 3. The fourth-order valence-electron chi connectivity index (χ4n) is 14.5. The molecule has 4 fully saturated rings. The minimum Gasteiger partial charge on any atom is -0.481 e. The zero-order valence-corrected chi connectivity index (χ0v) is 69.3. The topological polar surface area (TPSA) is 372 Å². The van der Waals surface area contributed by atoms with Gasteiger partial charge in [-0.05, 0) is 183 Å². The second kappa shape index (κ2) is 38.3. The van der Waals surface area contributed by atoms with Crippen LogP contribution in [-0.4, -0.2) is 104 Å². The number of hydrogen-bond donors (Lipinski definition) is 9. The Kier molecular flexibility index (Phi) is 28.6. The molecule has 1 amide bonds. The summed E-state index contributed by atoms with van der Waals surface area (Å²) in [4.78, 5) is 95.1. The van der Waals surface area contributed by atoms with Crippen molar-refractivity contribution < 1.29 is 99.2 Å². The van der Waals surface area contributed by atoms with Gasteiger partial charge < -0.3 is 57.2 Å². The molecule has 0 aliphatic heterocycles. The van der Waals surface area contributed by atoms with Crippen molar-refractivity contribution in [2.75, 3.05) is 36.7 Å². The quantitative estimate of drug-likeness (QED) is 0.0224. The molecular weight excluding hydrogens is 1820 g/mol. The molecule has 0 bridgehead atoms. The van der Waals surface area contributed by atoms with Crippen molar-refractivity contribution >= 4 is 133 Å². The predicted octanol–water partition coefficient (Wildman–Crippen LogP) is 21.2. The number of hydrogen-bond acceptors (Lipinski definition) is 17. The molecule has 4 aliphatic rings. The number of amides is 1. The number of anilines is 4. The average Bonchev–Trinajstić information content (AvgIpc) is 1.65. The highest BCUT2D eigenvalue weighted by molar-refractivity contribution is 14.1. The second-order valence-corrected chi connectivity index (χ2v) is 30.3. The minimum absolute atomic E-state index is 0.0944. The minimum atomic E-state index is -4.47. The largest absolute Gasteiger partial charge is 0.481 e. The van der Waals surface area contributed by atoms with E-state index in [1.165, 1.54) is 26.4 Å². The van der Waals surface area contributed by atoms with Gasteiger partial charge in [0.25, 0.3) is 5.91 Å². The van der Waals surface area contributed by atoms with E-state index in [9.17, 15) is 84.6 Å².